The number of hydrogen-bond donors (Lipinski definition) is 1. The third kappa shape index (κ3) is 2.79. The zero-order valence-electron chi connectivity index (χ0n) is 10.2. The molecule has 0 aromatic heterocycles. The van der Waals surface area contributed by atoms with Crippen LogP contribution in [-0.2, 0) is 0 Å². The first-order valence-electron chi connectivity index (χ1n) is 5.87. The molecule has 0 spiro atoms. The molecule has 1 aliphatic rings. The van der Waals surface area contributed by atoms with Gasteiger partial charge in [0.2, 0.25) is 0 Å². The Labute approximate surface area is 107 Å². The molecule has 0 bridgehead atoms. The minimum atomic E-state index is 0.104. The zero-order valence-corrected chi connectivity index (χ0v) is 10.9. The lowest BCUT2D eigenvalue weighted by molar-refractivity contribution is 0.0708. The molecule has 1 atom stereocenters. The first-order valence-corrected chi connectivity index (χ1v) is 6.24. The molecular weight excluding hydrogens is 236 g/mol. The largest absolute Gasteiger partial charge is 0.336 e. The van der Waals surface area contributed by atoms with Crippen molar-refractivity contribution >= 4 is 17.5 Å². The topological polar surface area (TPSA) is 32.3 Å². The maximum atomic E-state index is 12.3. The maximum Gasteiger partial charge on any atom is 0.254 e. The molecule has 0 radical (unpaired) electrons. The molecule has 1 saturated heterocycles. The maximum absolute atomic E-state index is 12.3. The van der Waals surface area contributed by atoms with Crippen molar-refractivity contribution in [2.24, 2.45) is 0 Å². The second-order valence-corrected chi connectivity index (χ2v) is 5.00. The Morgan fingerprint density at radius 3 is 2.94 bits per heavy atom. The number of aryl methyl sites for hydroxylation is 1. The predicted molar refractivity (Wildman–Crippen MR) is 69.6 cm³/mol. The first kappa shape index (κ1) is 12.4. The van der Waals surface area contributed by atoms with Crippen LogP contribution in [0.25, 0.3) is 0 Å². The number of carbonyl (C=O) groups excluding carboxylic acids is 1. The van der Waals surface area contributed by atoms with E-state index in [2.05, 4.69) is 12.2 Å². The molecule has 1 fully saturated rings. The van der Waals surface area contributed by atoms with E-state index in [4.69, 9.17) is 11.6 Å². The molecule has 1 aromatic rings. The summed E-state index contributed by atoms with van der Waals surface area (Å²) in [5.41, 5.74) is 1.69. The molecule has 0 saturated carbocycles. The lowest BCUT2D eigenvalue weighted by atomic mass is 10.1. The lowest BCUT2D eigenvalue weighted by Gasteiger charge is -2.32. The van der Waals surface area contributed by atoms with Crippen molar-refractivity contribution in [1.29, 1.82) is 0 Å². The number of carbonyl (C=O) groups is 1. The molecular formula is C13H17ClN2O. The molecule has 3 nitrogen and oxygen atoms in total. The van der Waals surface area contributed by atoms with Gasteiger partial charge < -0.3 is 10.2 Å². The number of piperazine rings is 1. The van der Waals surface area contributed by atoms with Crippen LogP contribution < -0.4 is 5.32 Å². The summed E-state index contributed by atoms with van der Waals surface area (Å²) >= 11 is 5.90. The molecule has 17 heavy (non-hydrogen) atoms. The van der Waals surface area contributed by atoms with E-state index in [0.29, 0.717) is 11.1 Å². The number of hydrogen-bond acceptors (Lipinski definition) is 2. The van der Waals surface area contributed by atoms with E-state index in [1.807, 2.05) is 24.0 Å². The van der Waals surface area contributed by atoms with Crippen molar-refractivity contribution in [1.82, 2.24) is 10.2 Å². The van der Waals surface area contributed by atoms with Gasteiger partial charge >= 0.3 is 0 Å². The summed E-state index contributed by atoms with van der Waals surface area (Å²) in [6, 6.07) is 5.78. The van der Waals surface area contributed by atoms with Crippen molar-refractivity contribution < 1.29 is 4.79 Å². The van der Waals surface area contributed by atoms with Gasteiger partial charge in [0.15, 0.2) is 0 Å². The first-order chi connectivity index (χ1) is 8.08. The fourth-order valence-electron chi connectivity index (χ4n) is 2.15. The van der Waals surface area contributed by atoms with Crippen molar-refractivity contribution in [3.05, 3.63) is 34.3 Å². The highest BCUT2D eigenvalue weighted by Gasteiger charge is 2.22. The van der Waals surface area contributed by atoms with Crippen LogP contribution in [0, 0.1) is 6.92 Å². The lowest BCUT2D eigenvalue weighted by Crippen LogP contribution is -2.51. The second kappa shape index (κ2) is 5.07. The smallest absolute Gasteiger partial charge is 0.254 e. The van der Waals surface area contributed by atoms with Gasteiger partial charge in [-0.1, -0.05) is 11.6 Å². The third-order valence-electron chi connectivity index (χ3n) is 3.07. The monoisotopic (exact) mass is 252 g/mol. The van der Waals surface area contributed by atoms with Crippen molar-refractivity contribution in [3.8, 4) is 0 Å². The number of nitrogens with zero attached hydrogens (tertiary/aromatic N) is 1. The summed E-state index contributed by atoms with van der Waals surface area (Å²) in [4.78, 5) is 14.2. The summed E-state index contributed by atoms with van der Waals surface area (Å²) < 4.78 is 0. The van der Waals surface area contributed by atoms with Crippen LogP contribution in [0.5, 0.6) is 0 Å². The molecule has 2 rings (SSSR count). The fraction of sp³-hybridized carbons (Fsp3) is 0.462. The molecule has 1 N–H and O–H groups in total. The number of rotatable bonds is 1. The van der Waals surface area contributed by atoms with Gasteiger partial charge in [0.05, 0.1) is 0 Å². The van der Waals surface area contributed by atoms with Crippen molar-refractivity contribution in [3.63, 3.8) is 0 Å². The van der Waals surface area contributed by atoms with E-state index in [0.717, 1.165) is 30.8 Å². The van der Waals surface area contributed by atoms with Crippen LogP contribution in [0.2, 0.25) is 5.02 Å². The Kier molecular flexibility index (Phi) is 3.69. The van der Waals surface area contributed by atoms with E-state index in [1.165, 1.54) is 0 Å². The molecule has 0 aliphatic carbocycles. The molecule has 1 unspecified atom stereocenters. The van der Waals surface area contributed by atoms with Crippen LogP contribution in [0.1, 0.15) is 22.8 Å². The summed E-state index contributed by atoms with van der Waals surface area (Å²) in [6.07, 6.45) is 0. The van der Waals surface area contributed by atoms with Gasteiger partial charge in [0, 0.05) is 36.3 Å². The highest BCUT2D eigenvalue weighted by molar-refractivity contribution is 6.30. The average molecular weight is 253 g/mol. The van der Waals surface area contributed by atoms with Crippen LogP contribution in [0.15, 0.2) is 18.2 Å². The molecule has 1 aromatic carbocycles. The quantitative estimate of drug-likeness (QED) is 0.830. The Hall–Kier alpha value is -1.06. The summed E-state index contributed by atoms with van der Waals surface area (Å²) in [5, 5.41) is 4.00. The standard InChI is InChI=1S/C13H17ClN2O/c1-9-7-11(14)3-4-12(9)13(17)16-6-5-15-10(2)8-16/h3-4,7,10,15H,5-6,8H2,1-2H3. The minimum Gasteiger partial charge on any atom is -0.336 e. The second-order valence-electron chi connectivity index (χ2n) is 4.57. The third-order valence-corrected chi connectivity index (χ3v) is 3.31. The van der Waals surface area contributed by atoms with Crippen molar-refractivity contribution in [2.45, 2.75) is 19.9 Å². The Morgan fingerprint density at radius 2 is 2.29 bits per heavy atom. The zero-order chi connectivity index (χ0) is 12.4. The average Bonchev–Trinajstić information content (AvgIpc) is 2.28. The van der Waals surface area contributed by atoms with Crippen LogP contribution in [-0.4, -0.2) is 36.5 Å². The Morgan fingerprint density at radius 1 is 1.53 bits per heavy atom. The van der Waals surface area contributed by atoms with E-state index < -0.39 is 0 Å². The van der Waals surface area contributed by atoms with Crippen LogP contribution in [0.4, 0.5) is 0 Å². The van der Waals surface area contributed by atoms with Gasteiger partial charge in [-0.2, -0.15) is 0 Å². The van der Waals surface area contributed by atoms with Crippen molar-refractivity contribution in [2.75, 3.05) is 19.6 Å². The van der Waals surface area contributed by atoms with E-state index in [1.54, 1.807) is 6.07 Å². The van der Waals surface area contributed by atoms with E-state index in [-0.39, 0.29) is 5.91 Å². The van der Waals surface area contributed by atoms with Gasteiger partial charge in [-0.15, -0.1) is 0 Å². The number of halogens is 1. The van der Waals surface area contributed by atoms with Gasteiger partial charge in [-0.05, 0) is 37.6 Å². The normalized spacial score (nSPS) is 20.4. The summed E-state index contributed by atoms with van der Waals surface area (Å²) in [6.45, 7) is 6.41. The molecule has 1 heterocycles. The fourth-order valence-corrected chi connectivity index (χ4v) is 2.38. The minimum absolute atomic E-state index is 0.104. The van der Waals surface area contributed by atoms with Crippen LogP contribution in [0.3, 0.4) is 0 Å². The molecule has 4 heteroatoms. The molecule has 92 valence electrons. The molecule has 1 aliphatic heterocycles. The van der Waals surface area contributed by atoms with E-state index in [9.17, 15) is 4.79 Å². The number of benzene rings is 1. The van der Waals surface area contributed by atoms with E-state index >= 15 is 0 Å². The highest BCUT2D eigenvalue weighted by Crippen LogP contribution is 2.17. The Balaban J connectivity index is 2.18. The number of amides is 1. The SMILES string of the molecule is Cc1cc(Cl)ccc1C(=O)N1CCNC(C)C1. The highest BCUT2D eigenvalue weighted by atomic mass is 35.5. The van der Waals surface area contributed by atoms with Gasteiger partial charge in [0.1, 0.15) is 0 Å². The number of nitrogens with one attached hydrogen (secondary N) is 1. The van der Waals surface area contributed by atoms with Gasteiger partial charge in [-0.3, -0.25) is 4.79 Å². The van der Waals surface area contributed by atoms with Gasteiger partial charge in [-0.25, -0.2) is 0 Å². The summed E-state index contributed by atoms with van der Waals surface area (Å²) in [7, 11) is 0. The van der Waals surface area contributed by atoms with Gasteiger partial charge in [0.25, 0.3) is 5.91 Å². The molecule has 1 amide bonds. The Bertz CT molecular complexity index is 433. The van der Waals surface area contributed by atoms with Crippen LogP contribution >= 0.6 is 11.6 Å². The summed E-state index contributed by atoms with van der Waals surface area (Å²) in [5.74, 6) is 0.104. The predicted octanol–water partition coefficient (Wildman–Crippen LogP) is 2.08.